The Labute approximate surface area is 119 Å². The first-order valence-electron chi connectivity index (χ1n) is 4.37. The molecule has 18 heavy (non-hydrogen) atoms. The Hall–Kier alpha value is -0.770. The molecular formula is C9H6ClF3INO3. The number of aromatic nitrogens is 1. The van der Waals surface area contributed by atoms with Gasteiger partial charge in [0.2, 0.25) is 5.88 Å². The Kier molecular flexibility index (Phi) is 5.02. The van der Waals surface area contributed by atoms with Crippen LogP contribution in [0.1, 0.15) is 15.9 Å². The Bertz CT molecular complexity index is 467. The minimum absolute atomic E-state index is 0.0812. The van der Waals surface area contributed by atoms with Crippen LogP contribution in [0.4, 0.5) is 13.2 Å². The summed E-state index contributed by atoms with van der Waals surface area (Å²) < 4.78 is 45.0. The highest BCUT2D eigenvalue weighted by Crippen LogP contribution is 2.30. The van der Waals surface area contributed by atoms with Gasteiger partial charge in [-0.25, -0.2) is 9.78 Å². The number of carbonyl (C=O) groups is 1. The molecule has 0 aliphatic carbocycles. The molecule has 0 saturated carbocycles. The van der Waals surface area contributed by atoms with E-state index in [2.05, 4.69) is 14.5 Å². The van der Waals surface area contributed by atoms with Crippen LogP contribution in [-0.2, 0) is 10.6 Å². The largest absolute Gasteiger partial charge is 0.574 e. The van der Waals surface area contributed by atoms with Crippen molar-refractivity contribution >= 4 is 40.2 Å². The van der Waals surface area contributed by atoms with Gasteiger partial charge in [-0.15, -0.1) is 24.8 Å². The van der Waals surface area contributed by atoms with Gasteiger partial charge in [-0.05, 0) is 22.6 Å². The van der Waals surface area contributed by atoms with Gasteiger partial charge in [0.1, 0.15) is 0 Å². The maximum atomic E-state index is 12.1. The van der Waals surface area contributed by atoms with Gasteiger partial charge in [-0.1, -0.05) is 0 Å². The summed E-state index contributed by atoms with van der Waals surface area (Å²) in [4.78, 5) is 15.0. The molecule has 1 aromatic rings. The number of hydrogen-bond donors (Lipinski definition) is 0. The average molecular weight is 396 g/mol. The number of methoxy groups -OCH3 is 1. The molecule has 0 unspecified atom stereocenters. The van der Waals surface area contributed by atoms with E-state index in [1.807, 2.05) is 0 Å². The van der Waals surface area contributed by atoms with Crippen molar-refractivity contribution in [1.82, 2.24) is 4.98 Å². The van der Waals surface area contributed by atoms with E-state index in [4.69, 9.17) is 11.6 Å². The van der Waals surface area contributed by atoms with Gasteiger partial charge < -0.3 is 9.47 Å². The zero-order valence-corrected chi connectivity index (χ0v) is 11.8. The predicted octanol–water partition coefficient (Wildman–Crippen LogP) is 3.11. The molecule has 1 heterocycles. The number of alkyl halides is 4. The monoisotopic (exact) mass is 395 g/mol. The summed E-state index contributed by atoms with van der Waals surface area (Å²) in [5.41, 5.74) is -0.241. The van der Waals surface area contributed by atoms with Gasteiger partial charge in [-0.3, -0.25) is 0 Å². The van der Waals surface area contributed by atoms with E-state index >= 15 is 0 Å². The van der Waals surface area contributed by atoms with E-state index in [1.54, 1.807) is 22.6 Å². The van der Waals surface area contributed by atoms with Crippen LogP contribution in [0.5, 0.6) is 5.88 Å². The molecular weight excluding hydrogens is 389 g/mol. The van der Waals surface area contributed by atoms with Crippen molar-refractivity contribution in [1.29, 1.82) is 0 Å². The molecule has 0 aliphatic heterocycles. The van der Waals surface area contributed by atoms with Crippen LogP contribution in [0.15, 0.2) is 6.20 Å². The van der Waals surface area contributed by atoms with Crippen molar-refractivity contribution in [2.45, 2.75) is 12.2 Å². The minimum Gasteiger partial charge on any atom is -0.465 e. The van der Waals surface area contributed by atoms with Crippen molar-refractivity contribution in [3.63, 3.8) is 0 Å². The van der Waals surface area contributed by atoms with Crippen molar-refractivity contribution in [2.24, 2.45) is 0 Å². The van der Waals surface area contributed by atoms with Crippen LogP contribution < -0.4 is 4.74 Å². The first-order valence-corrected chi connectivity index (χ1v) is 5.99. The normalized spacial score (nSPS) is 11.2. The topological polar surface area (TPSA) is 48.4 Å². The molecule has 0 bridgehead atoms. The summed E-state index contributed by atoms with van der Waals surface area (Å²) in [6, 6.07) is 0. The average Bonchev–Trinajstić information content (AvgIpc) is 2.28. The van der Waals surface area contributed by atoms with E-state index in [1.165, 1.54) is 0 Å². The molecule has 1 rings (SSSR count). The number of ether oxygens (including phenoxy) is 2. The first kappa shape index (κ1) is 15.3. The van der Waals surface area contributed by atoms with Gasteiger partial charge in [0.25, 0.3) is 0 Å². The summed E-state index contributed by atoms with van der Waals surface area (Å²) in [7, 11) is 1.11. The van der Waals surface area contributed by atoms with E-state index in [0.717, 1.165) is 13.3 Å². The second kappa shape index (κ2) is 5.91. The molecule has 0 fully saturated rings. The third-order valence-electron chi connectivity index (χ3n) is 1.83. The number of rotatable bonds is 3. The number of pyridine rings is 1. The summed E-state index contributed by atoms with van der Waals surface area (Å²) in [5.74, 6) is -1.91. The Morgan fingerprint density at radius 1 is 1.56 bits per heavy atom. The third-order valence-corrected chi connectivity index (χ3v) is 2.91. The molecule has 4 nitrogen and oxygen atoms in total. The summed E-state index contributed by atoms with van der Waals surface area (Å²) in [5, 5.41) is 0. The highest BCUT2D eigenvalue weighted by Gasteiger charge is 2.34. The zero-order chi connectivity index (χ0) is 13.9. The number of nitrogens with zero attached hydrogens (tertiary/aromatic N) is 1. The molecule has 0 aromatic carbocycles. The number of carbonyl (C=O) groups excluding carboxylic acids is 1. The van der Waals surface area contributed by atoms with Gasteiger partial charge in [0, 0.05) is 15.3 Å². The fourth-order valence-corrected chi connectivity index (χ4v) is 2.09. The van der Waals surface area contributed by atoms with Crippen LogP contribution in [0.2, 0.25) is 0 Å². The molecule has 0 radical (unpaired) electrons. The van der Waals surface area contributed by atoms with Crippen LogP contribution in [-0.4, -0.2) is 24.4 Å². The number of hydrogen-bond acceptors (Lipinski definition) is 4. The number of esters is 1. The third kappa shape index (κ3) is 3.61. The maximum Gasteiger partial charge on any atom is 0.574 e. The molecule has 100 valence electrons. The van der Waals surface area contributed by atoms with Crippen LogP contribution in [0.3, 0.4) is 0 Å². The van der Waals surface area contributed by atoms with Crippen molar-refractivity contribution in [2.75, 3.05) is 7.11 Å². The molecule has 9 heteroatoms. The Morgan fingerprint density at radius 2 is 2.17 bits per heavy atom. The molecule has 0 amide bonds. The molecule has 0 saturated heterocycles. The smallest absolute Gasteiger partial charge is 0.465 e. The first-order chi connectivity index (χ1) is 8.30. The van der Waals surface area contributed by atoms with Crippen LogP contribution in [0, 0.1) is 3.57 Å². The molecule has 1 aromatic heterocycles. The lowest BCUT2D eigenvalue weighted by Gasteiger charge is -2.14. The molecule has 0 atom stereocenters. The molecule has 0 spiro atoms. The van der Waals surface area contributed by atoms with Gasteiger partial charge in [0.05, 0.1) is 18.6 Å². The summed E-state index contributed by atoms with van der Waals surface area (Å²) >= 11 is 7.28. The van der Waals surface area contributed by atoms with Gasteiger partial charge >= 0.3 is 12.3 Å². The molecule has 0 N–H and O–H groups in total. The SMILES string of the molecule is COC(=O)c1c(I)cnc(OC(F)(F)F)c1CCl. The predicted molar refractivity (Wildman–Crippen MR) is 64.5 cm³/mol. The van der Waals surface area contributed by atoms with Crippen LogP contribution >= 0.6 is 34.2 Å². The van der Waals surface area contributed by atoms with E-state index in [9.17, 15) is 18.0 Å². The lowest BCUT2D eigenvalue weighted by atomic mass is 10.1. The fraction of sp³-hybridized carbons (Fsp3) is 0.333. The summed E-state index contributed by atoms with van der Waals surface area (Å²) in [6.07, 6.45) is -3.84. The fourth-order valence-electron chi connectivity index (χ4n) is 1.15. The van der Waals surface area contributed by atoms with Gasteiger partial charge in [0.15, 0.2) is 0 Å². The Morgan fingerprint density at radius 3 is 2.61 bits per heavy atom. The van der Waals surface area contributed by atoms with Crippen molar-refractivity contribution < 1.29 is 27.4 Å². The summed E-state index contributed by atoms with van der Waals surface area (Å²) in [6.45, 7) is 0. The zero-order valence-electron chi connectivity index (χ0n) is 8.85. The highest BCUT2D eigenvalue weighted by molar-refractivity contribution is 14.1. The quantitative estimate of drug-likeness (QED) is 0.448. The highest BCUT2D eigenvalue weighted by atomic mass is 127. The standard InChI is InChI=1S/C9H6ClF3INO3/c1-17-8(16)6-4(2-10)7(15-3-5(6)14)18-9(11,12)13/h3H,2H2,1H3. The van der Waals surface area contributed by atoms with Crippen molar-refractivity contribution in [3.8, 4) is 5.88 Å². The van der Waals surface area contributed by atoms with E-state index in [-0.39, 0.29) is 17.0 Å². The second-order valence-corrected chi connectivity index (χ2v) is 4.37. The van der Waals surface area contributed by atoms with E-state index in [0.29, 0.717) is 3.57 Å². The lowest BCUT2D eigenvalue weighted by Crippen LogP contribution is -2.20. The van der Waals surface area contributed by atoms with Crippen LogP contribution in [0.25, 0.3) is 0 Å². The number of halogens is 5. The Balaban J connectivity index is 3.34. The molecule has 0 aliphatic rings. The van der Waals surface area contributed by atoms with E-state index < -0.39 is 18.2 Å². The lowest BCUT2D eigenvalue weighted by molar-refractivity contribution is -0.276. The minimum atomic E-state index is -4.91. The second-order valence-electron chi connectivity index (χ2n) is 2.94. The van der Waals surface area contributed by atoms with Gasteiger partial charge in [-0.2, -0.15) is 0 Å². The van der Waals surface area contributed by atoms with Crippen molar-refractivity contribution in [3.05, 3.63) is 20.9 Å². The maximum absolute atomic E-state index is 12.1.